The van der Waals surface area contributed by atoms with Gasteiger partial charge in [-0.2, -0.15) is 0 Å². The van der Waals surface area contributed by atoms with Gasteiger partial charge in [0.2, 0.25) is 0 Å². The van der Waals surface area contributed by atoms with E-state index in [1.165, 1.54) is 5.56 Å². The molecule has 1 aliphatic rings. The summed E-state index contributed by atoms with van der Waals surface area (Å²) >= 11 is 6.35. The number of hydrogen-bond donors (Lipinski definition) is 0. The number of rotatable bonds is 6. The Hall–Kier alpha value is -2.50. The fourth-order valence-electron chi connectivity index (χ4n) is 3.15. The van der Waals surface area contributed by atoms with Gasteiger partial charge in [0.25, 0.3) is 5.88 Å². The van der Waals surface area contributed by atoms with Crippen molar-refractivity contribution in [3.63, 3.8) is 0 Å². The average molecular weight is 372 g/mol. The summed E-state index contributed by atoms with van der Waals surface area (Å²) in [6.07, 6.45) is 1.91. The first kappa shape index (κ1) is 16.9. The molecular formula is C20H18ClNO4. The quantitative estimate of drug-likeness (QED) is 0.568. The van der Waals surface area contributed by atoms with Gasteiger partial charge in [-0.05, 0) is 53.9 Å². The molecule has 0 amide bonds. The summed E-state index contributed by atoms with van der Waals surface area (Å²) in [5.41, 5.74) is 3.26. The average Bonchev–Trinajstić information content (AvgIpc) is 3.29. The molecule has 1 aliphatic carbocycles. The monoisotopic (exact) mass is 371 g/mol. The second-order valence-corrected chi connectivity index (χ2v) is 6.47. The number of halogens is 1. The van der Waals surface area contributed by atoms with Crippen LogP contribution in [0.5, 0.6) is 11.6 Å². The van der Waals surface area contributed by atoms with Crippen LogP contribution < -0.4 is 9.47 Å². The standard InChI is InChI=1S/C20H18ClNO4/c1-23-12-24-19-11-18(26-22-19)13-5-8-15(9-6-13)25-17-10-7-14-3-2-4-16(21)20(14)17/h2-6,8-9,11,17H,7,10,12H2,1H3. The lowest BCUT2D eigenvalue weighted by atomic mass is 10.1. The number of nitrogens with zero attached hydrogens (tertiary/aromatic N) is 1. The summed E-state index contributed by atoms with van der Waals surface area (Å²) in [6, 6.07) is 15.4. The Morgan fingerprint density at radius 3 is 2.85 bits per heavy atom. The number of benzene rings is 2. The Labute approximate surface area is 156 Å². The fraction of sp³-hybridized carbons (Fsp3) is 0.250. The molecule has 1 unspecified atom stereocenters. The molecular weight excluding hydrogens is 354 g/mol. The summed E-state index contributed by atoms with van der Waals surface area (Å²) in [6.45, 7) is 0.129. The highest BCUT2D eigenvalue weighted by Gasteiger charge is 2.26. The van der Waals surface area contributed by atoms with Crippen LogP contribution in [-0.2, 0) is 11.2 Å². The number of ether oxygens (including phenoxy) is 3. The maximum atomic E-state index is 6.35. The first-order valence-electron chi connectivity index (χ1n) is 8.37. The largest absolute Gasteiger partial charge is 0.486 e. The molecule has 0 aliphatic heterocycles. The number of hydrogen-bond acceptors (Lipinski definition) is 5. The maximum Gasteiger partial charge on any atom is 0.256 e. The Balaban J connectivity index is 1.47. The number of aryl methyl sites for hydroxylation is 1. The molecule has 2 aromatic carbocycles. The molecule has 6 heteroatoms. The van der Waals surface area contributed by atoms with Crippen molar-refractivity contribution in [1.82, 2.24) is 5.16 Å². The minimum atomic E-state index is -0.0103. The van der Waals surface area contributed by atoms with E-state index in [2.05, 4.69) is 11.2 Å². The molecule has 26 heavy (non-hydrogen) atoms. The predicted molar refractivity (Wildman–Crippen MR) is 97.6 cm³/mol. The second-order valence-electron chi connectivity index (χ2n) is 6.06. The lowest BCUT2D eigenvalue weighted by molar-refractivity contribution is 0.0453. The Kier molecular flexibility index (Phi) is 4.82. The molecule has 5 nitrogen and oxygen atoms in total. The van der Waals surface area contributed by atoms with Crippen molar-refractivity contribution >= 4 is 11.6 Å². The van der Waals surface area contributed by atoms with Gasteiger partial charge >= 0.3 is 0 Å². The van der Waals surface area contributed by atoms with Crippen molar-refractivity contribution < 1.29 is 18.7 Å². The summed E-state index contributed by atoms with van der Waals surface area (Å²) in [5.74, 6) is 1.80. The highest BCUT2D eigenvalue weighted by Crippen LogP contribution is 2.39. The second kappa shape index (κ2) is 7.40. The van der Waals surface area contributed by atoms with Crippen molar-refractivity contribution in [2.75, 3.05) is 13.9 Å². The Bertz CT molecular complexity index is 891. The smallest absolute Gasteiger partial charge is 0.256 e. The van der Waals surface area contributed by atoms with Gasteiger partial charge in [0.1, 0.15) is 11.9 Å². The zero-order valence-corrected chi connectivity index (χ0v) is 15.0. The number of fused-ring (bicyclic) bond motifs is 1. The van der Waals surface area contributed by atoms with Crippen LogP contribution in [0.3, 0.4) is 0 Å². The lowest BCUT2D eigenvalue weighted by Gasteiger charge is -2.16. The van der Waals surface area contributed by atoms with Gasteiger partial charge in [-0.25, -0.2) is 0 Å². The van der Waals surface area contributed by atoms with Crippen LogP contribution in [0.25, 0.3) is 11.3 Å². The van der Waals surface area contributed by atoms with E-state index in [1.807, 2.05) is 36.4 Å². The third-order valence-electron chi connectivity index (χ3n) is 4.37. The van der Waals surface area contributed by atoms with E-state index in [0.29, 0.717) is 11.6 Å². The molecule has 0 saturated heterocycles. The molecule has 0 N–H and O–H groups in total. The molecule has 3 aromatic rings. The molecule has 1 aromatic heterocycles. The molecule has 0 radical (unpaired) electrons. The summed E-state index contributed by atoms with van der Waals surface area (Å²) in [4.78, 5) is 0. The van der Waals surface area contributed by atoms with Crippen LogP contribution in [0.15, 0.2) is 53.1 Å². The molecule has 4 rings (SSSR count). The number of aromatic nitrogens is 1. The molecule has 1 atom stereocenters. The van der Waals surface area contributed by atoms with E-state index in [1.54, 1.807) is 13.2 Å². The maximum absolute atomic E-state index is 6.35. The van der Waals surface area contributed by atoms with Crippen molar-refractivity contribution in [2.45, 2.75) is 18.9 Å². The summed E-state index contributed by atoms with van der Waals surface area (Å²) in [5, 5.41) is 4.62. The van der Waals surface area contributed by atoms with Crippen molar-refractivity contribution in [3.05, 3.63) is 64.7 Å². The highest BCUT2D eigenvalue weighted by molar-refractivity contribution is 6.31. The van der Waals surface area contributed by atoms with E-state index in [4.69, 9.17) is 30.3 Å². The molecule has 0 spiro atoms. The van der Waals surface area contributed by atoms with E-state index in [0.717, 1.165) is 34.7 Å². The van der Waals surface area contributed by atoms with Gasteiger partial charge in [0.05, 0.1) is 0 Å². The van der Waals surface area contributed by atoms with Crippen molar-refractivity contribution in [1.29, 1.82) is 0 Å². The van der Waals surface area contributed by atoms with Crippen molar-refractivity contribution in [2.24, 2.45) is 0 Å². The minimum Gasteiger partial charge on any atom is -0.486 e. The normalized spacial score (nSPS) is 15.7. The molecule has 0 bridgehead atoms. The van der Waals surface area contributed by atoms with E-state index in [-0.39, 0.29) is 12.9 Å². The Morgan fingerprint density at radius 1 is 1.19 bits per heavy atom. The SMILES string of the molecule is COCOc1cc(-c2ccc(OC3CCc4cccc(Cl)c43)cc2)on1. The van der Waals surface area contributed by atoms with Gasteiger partial charge in [-0.15, -0.1) is 0 Å². The summed E-state index contributed by atoms with van der Waals surface area (Å²) < 4.78 is 21.5. The van der Waals surface area contributed by atoms with Gasteiger partial charge < -0.3 is 18.7 Å². The lowest BCUT2D eigenvalue weighted by Crippen LogP contribution is -2.04. The van der Waals surface area contributed by atoms with Crippen LogP contribution in [-0.4, -0.2) is 19.1 Å². The summed E-state index contributed by atoms with van der Waals surface area (Å²) in [7, 11) is 1.55. The van der Waals surface area contributed by atoms with Gasteiger partial charge in [-0.3, -0.25) is 0 Å². The van der Waals surface area contributed by atoms with E-state index < -0.39 is 0 Å². The molecule has 0 fully saturated rings. The molecule has 134 valence electrons. The zero-order chi connectivity index (χ0) is 17.9. The van der Waals surface area contributed by atoms with E-state index >= 15 is 0 Å². The van der Waals surface area contributed by atoms with E-state index in [9.17, 15) is 0 Å². The van der Waals surface area contributed by atoms with Crippen LogP contribution in [0.4, 0.5) is 0 Å². The minimum absolute atomic E-state index is 0.0103. The number of methoxy groups -OCH3 is 1. The first-order chi connectivity index (χ1) is 12.7. The third kappa shape index (κ3) is 3.41. The van der Waals surface area contributed by atoms with Gasteiger partial charge in [0.15, 0.2) is 12.6 Å². The topological polar surface area (TPSA) is 53.7 Å². The van der Waals surface area contributed by atoms with Crippen LogP contribution in [0.1, 0.15) is 23.7 Å². The van der Waals surface area contributed by atoms with Crippen LogP contribution in [0.2, 0.25) is 5.02 Å². The predicted octanol–water partition coefficient (Wildman–Crippen LogP) is 5.04. The van der Waals surface area contributed by atoms with Crippen LogP contribution >= 0.6 is 11.6 Å². The fourth-order valence-corrected chi connectivity index (χ4v) is 3.47. The molecule has 1 heterocycles. The van der Waals surface area contributed by atoms with Gasteiger partial charge in [0, 0.05) is 29.3 Å². The third-order valence-corrected chi connectivity index (χ3v) is 4.70. The Morgan fingerprint density at radius 2 is 2.04 bits per heavy atom. The highest BCUT2D eigenvalue weighted by atomic mass is 35.5. The van der Waals surface area contributed by atoms with Crippen molar-refractivity contribution in [3.8, 4) is 23.0 Å². The first-order valence-corrected chi connectivity index (χ1v) is 8.75. The van der Waals surface area contributed by atoms with Gasteiger partial charge in [-0.1, -0.05) is 23.7 Å². The van der Waals surface area contributed by atoms with Crippen LogP contribution in [0, 0.1) is 0 Å². The molecule has 0 saturated carbocycles. The zero-order valence-electron chi connectivity index (χ0n) is 14.3.